The number of ketones is 1. The largest absolute Gasteiger partial charge is 0.496 e. The molecule has 0 spiro atoms. The van der Waals surface area contributed by atoms with Crippen molar-refractivity contribution in [3.05, 3.63) is 92.4 Å². The van der Waals surface area contributed by atoms with E-state index >= 15 is 0 Å². The lowest BCUT2D eigenvalue weighted by molar-refractivity contribution is 0.101. The Morgan fingerprint density at radius 2 is 2.00 bits per heavy atom. The summed E-state index contributed by atoms with van der Waals surface area (Å²) in [5.41, 5.74) is 1.39. The molecule has 0 saturated heterocycles. The van der Waals surface area contributed by atoms with Gasteiger partial charge in [0.15, 0.2) is 5.76 Å². The number of benzene rings is 3. The van der Waals surface area contributed by atoms with Crippen LogP contribution in [-0.2, 0) is 6.61 Å². The van der Waals surface area contributed by atoms with Gasteiger partial charge < -0.3 is 14.2 Å². The monoisotopic (exact) mass is 488 g/mol. The minimum absolute atomic E-state index is 0.0455. The summed E-state index contributed by atoms with van der Waals surface area (Å²) in [4.78, 5) is 12.7. The van der Waals surface area contributed by atoms with E-state index in [4.69, 9.17) is 25.8 Å². The SMILES string of the molecule is COc1ccc(Br)cc1C=C1Oc2cc(OCc3c(F)cccc3Cl)ccc2C1=O. The number of carbonyl (C=O) groups is 1. The fourth-order valence-corrected chi connectivity index (χ4v) is 3.64. The van der Waals surface area contributed by atoms with E-state index in [1.165, 1.54) is 12.1 Å². The first kappa shape index (κ1) is 20.4. The molecule has 0 fully saturated rings. The smallest absolute Gasteiger partial charge is 0.231 e. The van der Waals surface area contributed by atoms with Gasteiger partial charge in [-0.1, -0.05) is 33.6 Å². The Morgan fingerprint density at radius 3 is 2.77 bits per heavy atom. The first-order chi connectivity index (χ1) is 14.5. The van der Waals surface area contributed by atoms with Gasteiger partial charge in [-0.3, -0.25) is 4.79 Å². The van der Waals surface area contributed by atoms with E-state index in [0.717, 1.165) is 4.47 Å². The Balaban J connectivity index is 1.56. The van der Waals surface area contributed by atoms with Crippen molar-refractivity contribution in [1.29, 1.82) is 0 Å². The molecule has 0 amide bonds. The van der Waals surface area contributed by atoms with Crippen LogP contribution in [0.3, 0.4) is 0 Å². The number of halogens is 3. The predicted octanol–water partition coefficient (Wildman–Crippen LogP) is 6.45. The minimum Gasteiger partial charge on any atom is -0.496 e. The number of carbonyl (C=O) groups excluding carboxylic acids is 1. The Morgan fingerprint density at radius 1 is 1.17 bits per heavy atom. The molecular formula is C23H15BrClFO4. The molecule has 0 aliphatic carbocycles. The highest BCUT2D eigenvalue weighted by molar-refractivity contribution is 9.10. The number of allylic oxidation sites excluding steroid dienone is 1. The first-order valence-electron chi connectivity index (χ1n) is 8.94. The quantitative estimate of drug-likeness (QED) is 0.387. The highest BCUT2D eigenvalue weighted by Crippen LogP contribution is 2.36. The summed E-state index contributed by atoms with van der Waals surface area (Å²) in [7, 11) is 1.56. The summed E-state index contributed by atoms with van der Waals surface area (Å²) in [5.74, 6) is 0.915. The predicted molar refractivity (Wildman–Crippen MR) is 116 cm³/mol. The molecule has 0 aromatic heterocycles. The summed E-state index contributed by atoms with van der Waals surface area (Å²) in [6.45, 7) is -0.0455. The van der Waals surface area contributed by atoms with Gasteiger partial charge in [-0.15, -0.1) is 0 Å². The average molecular weight is 490 g/mol. The third kappa shape index (κ3) is 4.06. The molecular weight excluding hydrogens is 475 g/mol. The number of hydrogen-bond acceptors (Lipinski definition) is 4. The van der Waals surface area contributed by atoms with Crippen LogP contribution in [0, 0.1) is 5.82 Å². The van der Waals surface area contributed by atoms with E-state index in [1.54, 1.807) is 43.5 Å². The lowest BCUT2D eigenvalue weighted by Crippen LogP contribution is -2.00. The van der Waals surface area contributed by atoms with Crippen LogP contribution in [0.5, 0.6) is 17.2 Å². The van der Waals surface area contributed by atoms with Crippen molar-refractivity contribution in [2.45, 2.75) is 6.61 Å². The fraction of sp³-hybridized carbons (Fsp3) is 0.0870. The van der Waals surface area contributed by atoms with Gasteiger partial charge >= 0.3 is 0 Å². The molecule has 0 bridgehead atoms. The zero-order valence-electron chi connectivity index (χ0n) is 15.7. The molecule has 1 heterocycles. The Hall–Kier alpha value is -2.83. The van der Waals surface area contributed by atoms with Crippen LogP contribution in [0.2, 0.25) is 5.02 Å². The molecule has 0 unspecified atom stereocenters. The van der Waals surface area contributed by atoms with Crippen LogP contribution in [-0.4, -0.2) is 12.9 Å². The van der Waals surface area contributed by atoms with Gasteiger partial charge in [-0.25, -0.2) is 4.39 Å². The zero-order valence-corrected chi connectivity index (χ0v) is 18.1. The zero-order chi connectivity index (χ0) is 21.3. The van der Waals surface area contributed by atoms with Crippen LogP contribution in [0.25, 0.3) is 6.08 Å². The minimum atomic E-state index is -0.441. The van der Waals surface area contributed by atoms with Crippen molar-refractivity contribution in [1.82, 2.24) is 0 Å². The van der Waals surface area contributed by atoms with E-state index in [2.05, 4.69) is 15.9 Å². The molecule has 1 aliphatic heterocycles. The van der Waals surface area contributed by atoms with Gasteiger partial charge in [0.05, 0.1) is 17.7 Å². The normalized spacial score (nSPS) is 13.9. The van der Waals surface area contributed by atoms with E-state index in [9.17, 15) is 9.18 Å². The number of ether oxygens (including phenoxy) is 3. The van der Waals surface area contributed by atoms with Gasteiger partial charge in [0, 0.05) is 21.7 Å². The van der Waals surface area contributed by atoms with Crippen LogP contribution in [0.15, 0.2) is 64.8 Å². The summed E-state index contributed by atoms with van der Waals surface area (Å²) >= 11 is 9.44. The summed E-state index contributed by atoms with van der Waals surface area (Å²) in [5, 5.41) is 0.288. The molecule has 7 heteroatoms. The number of hydrogen-bond donors (Lipinski definition) is 0. The van der Waals surface area contributed by atoms with Crippen molar-refractivity contribution in [3.63, 3.8) is 0 Å². The topological polar surface area (TPSA) is 44.8 Å². The van der Waals surface area contributed by atoms with E-state index in [1.807, 2.05) is 12.1 Å². The molecule has 3 aromatic carbocycles. The maximum absolute atomic E-state index is 13.9. The van der Waals surface area contributed by atoms with Crippen LogP contribution < -0.4 is 14.2 Å². The number of methoxy groups -OCH3 is 1. The van der Waals surface area contributed by atoms with Gasteiger partial charge in [0.1, 0.15) is 29.7 Å². The van der Waals surface area contributed by atoms with Crippen molar-refractivity contribution in [2.75, 3.05) is 7.11 Å². The molecule has 152 valence electrons. The van der Waals surface area contributed by atoms with Crippen molar-refractivity contribution >= 4 is 39.4 Å². The molecule has 1 aliphatic rings. The van der Waals surface area contributed by atoms with Gasteiger partial charge in [0.25, 0.3) is 0 Å². The second kappa shape index (κ2) is 8.50. The van der Waals surface area contributed by atoms with Crippen molar-refractivity contribution in [2.24, 2.45) is 0 Å². The number of fused-ring (bicyclic) bond motifs is 1. The van der Waals surface area contributed by atoms with Crippen molar-refractivity contribution < 1.29 is 23.4 Å². The Bertz CT molecular complexity index is 1160. The molecule has 30 heavy (non-hydrogen) atoms. The molecule has 0 radical (unpaired) electrons. The molecule has 0 N–H and O–H groups in total. The second-order valence-electron chi connectivity index (χ2n) is 6.47. The molecule has 0 saturated carbocycles. The highest BCUT2D eigenvalue weighted by atomic mass is 79.9. The van der Waals surface area contributed by atoms with Gasteiger partial charge in [-0.2, -0.15) is 0 Å². The summed E-state index contributed by atoms with van der Waals surface area (Å²) < 4.78 is 31.5. The maximum Gasteiger partial charge on any atom is 0.231 e. The van der Waals surface area contributed by atoms with Crippen LogP contribution in [0.4, 0.5) is 4.39 Å². The lowest BCUT2D eigenvalue weighted by Gasteiger charge is -2.09. The van der Waals surface area contributed by atoms with E-state index in [-0.39, 0.29) is 28.7 Å². The molecule has 4 rings (SSSR count). The number of rotatable bonds is 5. The summed E-state index contributed by atoms with van der Waals surface area (Å²) in [6, 6.07) is 14.8. The Kier molecular flexibility index (Phi) is 5.79. The fourth-order valence-electron chi connectivity index (χ4n) is 3.04. The van der Waals surface area contributed by atoms with E-state index in [0.29, 0.717) is 28.4 Å². The maximum atomic E-state index is 13.9. The van der Waals surface area contributed by atoms with Crippen LogP contribution >= 0.6 is 27.5 Å². The van der Waals surface area contributed by atoms with Crippen molar-refractivity contribution in [3.8, 4) is 17.2 Å². The number of Topliss-reactive ketones (excluding diaryl/α,β-unsaturated/α-hetero) is 1. The molecule has 3 aromatic rings. The second-order valence-corrected chi connectivity index (χ2v) is 7.80. The van der Waals surface area contributed by atoms with E-state index < -0.39 is 5.82 Å². The van der Waals surface area contributed by atoms with Gasteiger partial charge in [-0.05, 0) is 48.5 Å². The highest BCUT2D eigenvalue weighted by Gasteiger charge is 2.28. The third-order valence-corrected chi connectivity index (χ3v) is 5.41. The first-order valence-corrected chi connectivity index (χ1v) is 10.1. The average Bonchev–Trinajstić information content (AvgIpc) is 3.02. The third-order valence-electron chi connectivity index (χ3n) is 4.56. The molecule has 0 atom stereocenters. The van der Waals surface area contributed by atoms with Gasteiger partial charge in [0.2, 0.25) is 5.78 Å². The lowest BCUT2D eigenvalue weighted by atomic mass is 10.1. The Labute approximate surface area is 186 Å². The van der Waals surface area contributed by atoms with Crippen LogP contribution in [0.1, 0.15) is 21.5 Å². The standard InChI is InChI=1S/C23H15BrClFO4/c1-28-20-8-5-14(24)9-13(20)10-22-23(27)16-7-6-15(11-21(16)30-22)29-12-17-18(25)3-2-4-19(17)26/h2-11H,12H2,1H3. The summed E-state index contributed by atoms with van der Waals surface area (Å²) in [6.07, 6.45) is 1.63. The molecule has 4 nitrogen and oxygen atoms in total.